The van der Waals surface area contributed by atoms with Crippen molar-refractivity contribution in [1.82, 2.24) is 4.90 Å². The van der Waals surface area contributed by atoms with Crippen molar-refractivity contribution in [2.75, 3.05) is 13.7 Å². The Labute approximate surface area is 124 Å². The first-order chi connectivity index (χ1) is 9.95. The Kier molecular flexibility index (Phi) is 4.50. The SMILES string of the molecule is COc1cccc(C(C)C(=O)N2CCC(C(=O)O)C2C)c1. The molecule has 1 aliphatic rings. The van der Waals surface area contributed by atoms with E-state index in [1.54, 1.807) is 12.0 Å². The van der Waals surface area contributed by atoms with E-state index in [1.165, 1.54) is 0 Å². The number of methoxy groups -OCH3 is 1. The van der Waals surface area contributed by atoms with Crippen LogP contribution in [0.3, 0.4) is 0 Å². The lowest BCUT2D eigenvalue weighted by atomic mass is 9.98. The summed E-state index contributed by atoms with van der Waals surface area (Å²) in [6.07, 6.45) is 0.521. The minimum absolute atomic E-state index is 0.0282. The van der Waals surface area contributed by atoms with Gasteiger partial charge in [-0.1, -0.05) is 12.1 Å². The number of hydrogen-bond acceptors (Lipinski definition) is 3. The number of amides is 1. The maximum atomic E-state index is 12.6. The first-order valence-electron chi connectivity index (χ1n) is 7.13. The van der Waals surface area contributed by atoms with Crippen LogP contribution in [0.5, 0.6) is 5.75 Å². The van der Waals surface area contributed by atoms with Gasteiger partial charge in [0.25, 0.3) is 0 Å². The van der Waals surface area contributed by atoms with Crippen molar-refractivity contribution in [3.05, 3.63) is 29.8 Å². The first-order valence-corrected chi connectivity index (χ1v) is 7.13. The lowest BCUT2D eigenvalue weighted by Crippen LogP contribution is -2.39. The summed E-state index contributed by atoms with van der Waals surface area (Å²) in [5.41, 5.74) is 0.880. The summed E-state index contributed by atoms with van der Waals surface area (Å²) >= 11 is 0. The Morgan fingerprint density at radius 2 is 2.14 bits per heavy atom. The number of aliphatic carboxylic acids is 1. The van der Waals surface area contributed by atoms with E-state index in [4.69, 9.17) is 9.84 Å². The summed E-state index contributed by atoms with van der Waals surface area (Å²) in [4.78, 5) is 25.4. The molecule has 1 N–H and O–H groups in total. The molecule has 0 aromatic heterocycles. The highest BCUT2D eigenvalue weighted by atomic mass is 16.5. The molecule has 2 rings (SSSR count). The highest BCUT2D eigenvalue weighted by Gasteiger charge is 2.39. The van der Waals surface area contributed by atoms with Gasteiger partial charge < -0.3 is 14.7 Å². The van der Waals surface area contributed by atoms with Crippen LogP contribution in [-0.2, 0) is 9.59 Å². The molecular formula is C16H21NO4. The average Bonchev–Trinajstić information content (AvgIpc) is 2.87. The molecule has 21 heavy (non-hydrogen) atoms. The molecule has 1 heterocycles. The summed E-state index contributed by atoms with van der Waals surface area (Å²) in [6.45, 7) is 4.16. The highest BCUT2D eigenvalue weighted by molar-refractivity contribution is 5.85. The van der Waals surface area contributed by atoms with Gasteiger partial charge in [0.1, 0.15) is 5.75 Å². The van der Waals surface area contributed by atoms with Crippen LogP contribution in [0.1, 0.15) is 31.7 Å². The number of carbonyl (C=O) groups is 2. The molecule has 1 saturated heterocycles. The van der Waals surface area contributed by atoms with Crippen molar-refractivity contribution in [3.63, 3.8) is 0 Å². The van der Waals surface area contributed by atoms with Crippen molar-refractivity contribution in [2.45, 2.75) is 32.2 Å². The first kappa shape index (κ1) is 15.4. The van der Waals surface area contributed by atoms with Crippen LogP contribution in [-0.4, -0.2) is 41.6 Å². The quantitative estimate of drug-likeness (QED) is 0.922. The molecule has 1 aromatic rings. The molecule has 5 heteroatoms. The number of carboxylic acid groups (broad SMARTS) is 1. The van der Waals surface area contributed by atoms with Crippen LogP contribution in [0, 0.1) is 5.92 Å². The maximum Gasteiger partial charge on any atom is 0.308 e. The Morgan fingerprint density at radius 1 is 1.43 bits per heavy atom. The van der Waals surface area contributed by atoms with Crippen molar-refractivity contribution in [3.8, 4) is 5.75 Å². The molecule has 3 unspecified atom stereocenters. The fourth-order valence-corrected chi connectivity index (χ4v) is 2.88. The zero-order valence-corrected chi connectivity index (χ0v) is 12.6. The zero-order valence-electron chi connectivity index (χ0n) is 12.6. The molecule has 0 bridgehead atoms. The number of carbonyl (C=O) groups excluding carboxylic acids is 1. The van der Waals surface area contributed by atoms with Gasteiger partial charge in [0.15, 0.2) is 0 Å². The Hall–Kier alpha value is -2.04. The molecule has 1 amide bonds. The predicted octanol–water partition coefficient (Wildman–Crippen LogP) is 2.12. The van der Waals surface area contributed by atoms with Gasteiger partial charge in [0.2, 0.25) is 5.91 Å². The number of nitrogens with zero attached hydrogens (tertiary/aromatic N) is 1. The third kappa shape index (κ3) is 3.01. The molecule has 3 atom stereocenters. The number of ether oxygens (including phenoxy) is 1. The lowest BCUT2D eigenvalue weighted by Gasteiger charge is -2.26. The number of carboxylic acids is 1. The number of hydrogen-bond donors (Lipinski definition) is 1. The van der Waals surface area contributed by atoms with Gasteiger partial charge in [-0.05, 0) is 38.0 Å². The van der Waals surface area contributed by atoms with E-state index in [-0.39, 0.29) is 17.9 Å². The van der Waals surface area contributed by atoms with Gasteiger partial charge >= 0.3 is 5.97 Å². The molecule has 114 valence electrons. The average molecular weight is 291 g/mol. The summed E-state index contributed by atoms with van der Waals surface area (Å²) in [5, 5.41) is 9.15. The van der Waals surface area contributed by atoms with Crippen LogP contribution in [0.2, 0.25) is 0 Å². The summed E-state index contributed by atoms with van der Waals surface area (Å²) in [6, 6.07) is 7.16. The molecule has 0 aliphatic carbocycles. The normalized spacial score (nSPS) is 22.9. The van der Waals surface area contributed by atoms with E-state index >= 15 is 0 Å². The van der Waals surface area contributed by atoms with Gasteiger partial charge in [-0.3, -0.25) is 9.59 Å². The highest BCUT2D eigenvalue weighted by Crippen LogP contribution is 2.29. The van der Waals surface area contributed by atoms with Crippen molar-refractivity contribution < 1.29 is 19.4 Å². The van der Waals surface area contributed by atoms with Gasteiger partial charge in [0, 0.05) is 12.6 Å². The second-order valence-electron chi connectivity index (χ2n) is 5.50. The van der Waals surface area contributed by atoms with E-state index in [0.29, 0.717) is 18.7 Å². The molecule has 0 saturated carbocycles. The molecular weight excluding hydrogens is 270 g/mol. The minimum atomic E-state index is -0.827. The summed E-state index contributed by atoms with van der Waals surface area (Å²) in [7, 11) is 1.59. The molecule has 5 nitrogen and oxygen atoms in total. The standard InChI is InChI=1S/C16H21NO4/c1-10(12-5-4-6-13(9-12)21-3)15(18)17-8-7-14(11(17)2)16(19)20/h4-6,9-11,14H,7-8H2,1-3H3,(H,19,20). The molecule has 1 fully saturated rings. The monoisotopic (exact) mass is 291 g/mol. The lowest BCUT2D eigenvalue weighted by molar-refractivity contribution is -0.143. The zero-order chi connectivity index (χ0) is 15.6. The molecule has 0 radical (unpaired) electrons. The number of benzene rings is 1. The van der Waals surface area contributed by atoms with E-state index in [0.717, 1.165) is 5.56 Å². The second-order valence-corrected chi connectivity index (χ2v) is 5.50. The van der Waals surface area contributed by atoms with Gasteiger partial charge in [-0.25, -0.2) is 0 Å². The van der Waals surface area contributed by atoms with Crippen LogP contribution in [0.25, 0.3) is 0 Å². The van der Waals surface area contributed by atoms with Gasteiger partial charge in [-0.15, -0.1) is 0 Å². The third-order valence-corrected chi connectivity index (χ3v) is 4.32. The van der Waals surface area contributed by atoms with E-state index in [1.807, 2.05) is 38.1 Å². The molecule has 1 aromatic carbocycles. The second kappa shape index (κ2) is 6.16. The fourth-order valence-electron chi connectivity index (χ4n) is 2.88. The Morgan fingerprint density at radius 3 is 2.71 bits per heavy atom. The topological polar surface area (TPSA) is 66.8 Å². The van der Waals surface area contributed by atoms with Crippen LogP contribution < -0.4 is 4.74 Å². The van der Waals surface area contributed by atoms with Crippen molar-refractivity contribution >= 4 is 11.9 Å². The summed E-state index contributed by atoms with van der Waals surface area (Å²) in [5.74, 6) is -0.919. The Bertz CT molecular complexity index is 543. The number of likely N-dealkylation sites (tertiary alicyclic amines) is 1. The van der Waals surface area contributed by atoms with Crippen LogP contribution in [0.15, 0.2) is 24.3 Å². The van der Waals surface area contributed by atoms with Crippen molar-refractivity contribution in [2.24, 2.45) is 5.92 Å². The maximum absolute atomic E-state index is 12.6. The van der Waals surface area contributed by atoms with E-state index < -0.39 is 11.9 Å². The van der Waals surface area contributed by atoms with Crippen LogP contribution in [0.4, 0.5) is 0 Å². The number of rotatable bonds is 4. The molecule has 0 spiro atoms. The van der Waals surface area contributed by atoms with Crippen LogP contribution >= 0.6 is 0 Å². The van der Waals surface area contributed by atoms with Gasteiger partial charge in [0.05, 0.1) is 18.9 Å². The third-order valence-electron chi connectivity index (χ3n) is 4.32. The minimum Gasteiger partial charge on any atom is -0.497 e. The largest absolute Gasteiger partial charge is 0.497 e. The Balaban J connectivity index is 2.14. The summed E-state index contributed by atoms with van der Waals surface area (Å²) < 4.78 is 5.18. The van der Waals surface area contributed by atoms with E-state index in [2.05, 4.69) is 0 Å². The van der Waals surface area contributed by atoms with E-state index in [9.17, 15) is 9.59 Å². The van der Waals surface area contributed by atoms with Gasteiger partial charge in [-0.2, -0.15) is 0 Å². The van der Waals surface area contributed by atoms with Crippen molar-refractivity contribution in [1.29, 1.82) is 0 Å². The molecule has 1 aliphatic heterocycles. The smallest absolute Gasteiger partial charge is 0.308 e. The predicted molar refractivity (Wildman–Crippen MR) is 78.3 cm³/mol. The fraction of sp³-hybridized carbons (Fsp3) is 0.500.